The third-order valence-corrected chi connectivity index (χ3v) is 1.68. The number of ketones is 1. The van der Waals surface area contributed by atoms with E-state index < -0.39 is 25.2 Å². The van der Waals surface area contributed by atoms with Gasteiger partial charge in [-0.15, -0.1) is 0 Å². The molecule has 0 N–H and O–H groups in total. The summed E-state index contributed by atoms with van der Waals surface area (Å²) in [5.41, 5.74) is 0.704. The van der Waals surface area contributed by atoms with Gasteiger partial charge in [0.2, 0.25) is 0 Å². The van der Waals surface area contributed by atoms with Gasteiger partial charge in [0.1, 0.15) is 13.2 Å². The molecule has 0 unspecified atom stereocenters. The molecule has 0 aromatic carbocycles. The second-order valence-electron chi connectivity index (χ2n) is 3.18. The highest BCUT2D eigenvalue weighted by Crippen LogP contribution is 2.14. The first kappa shape index (κ1) is 12.6. The highest BCUT2D eigenvalue weighted by atomic mass is 19.4. The number of hydrogen-bond donors (Lipinski definition) is 0. The number of hydrogen-bond acceptors (Lipinski definition) is 3. The minimum atomic E-state index is -4.39. The predicted octanol–water partition coefficient (Wildman–Crippen LogP) is 1.77. The minimum absolute atomic E-state index is 0.0559. The Morgan fingerprint density at radius 3 is 2.50 bits per heavy atom. The van der Waals surface area contributed by atoms with Crippen LogP contribution in [0.15, 0.2) is 24.5 Å². The number of nitrogens with zero attached hydrogens (tertiary/aromatic N) is 1. The van der Waals surface area contributed by atoms with Gasteiger partial charge in [0.05, 0.1) is 0 Å². The Morgan fingerprint density at radius 1 is 1.31 bits per heavy atom. The van der Waals surface area contributed by atoms with Gasteiger partial charge < -0.3 is 4.74 Å². The van der Waals surface area contributed by atoms with E-state index >= 15 is 0 Å². The molecule has 88 valence electrons. The fourth-order valence-electron chi connectivity index (χ4n) is 1.06. The van der Waals surface area contributed by atoms with E-state index in [0.717, 1.165) is 0 Å². The number of rotatable bonds is 5. The summed E-state index contributed by atoms with van der Waals surface area (Å²) in [6.07, 6.45) is -1.31. The second kappa shape index (κ2) is 5.60. The standard InChI is InChI=1S/C10H10F3NO2/c11-10(12,13)7-16-6-9(15)5-8-1-3-14-4-2-8/h1-4H,5-7H2. The van der Waals surface area contributed by atoms with Crippen LogP contribution in [0.3, 0.4) is 0 Å². The van der Waals surface area contributed by atoms with E-state index in [4.69, 9.17) is 0 Å². The monoisotopic (exact) mass is 233 g/mol. The Balaban J connectivity index is 2.27. The number of pyridine rings is 1. The van der Waals surface area contributed by atoms with E-state index in [1.807, 2.05) is 0 Å². The molecule has 0 fully saturated rings. The van der Waals surface area contributed by atoms with Crippen molar-refractivity contribution in [2.45, 2.75) is 12.6 Å². The van der Waals surface area contributed by atoms with Crippen LogP contribution < -0.4 is 0 Å². The van der Waals surface area contributed by atoms with Gasteiger partial charge in [0.25, 0.3) is 0 Å². The molecule has 6 heteroatoms. The van der Waals surface area contributed by atoms with E-state index in [1.54, 1.807) is 12.1 Å². The van der Waals surface area contributed by atoms with Crippen molar-refractivity contribution >= 4 is 5.78 Å². The zero-order valence-electron chi connectivity index (χ0n) is 8.33. The number of alkyl halides is 3. The summed E-state index contributed by atoms with van der Waals surface area (Å²) in [4.78, 5) is 14.9. The first-order valence-electron chi connectivity index (χ1n) is 4.52. The van der Waals surface area contributed by atoms with Gasteiger partial charge in [0, 0.05) is 18.8 Å². The van der Waals surface area contributed by atoms with E-state index in [0.29, 0.717) is 5.56 Å². The molecule has 1 heterocycles. The fourth-order valence-corrected chi connectivity index (χ4v) is 1.06. The predicted molar refractivity (Wildman–Crippen MR) is 49.8 cm³/mol. The Hall–Kier alpha value is -1.43. The van der Waals surface area contributed by atoms with Crippen LogP contribution >= 0.6 is 0 Å². The molecular formula is C10H10F3NO2. The lowest BCUT2D eigenvalue weighted by Gasteiger charge is -2.06. The summed E-state index contributed by atoms with van der Waals surface area (Å²) >= 11 is 0. The number of carbonyl (C=O) groups is 1. The quantitative estimate of drug-likeness (QED) is 0.778. The lowest BCUT2D eigenvalue weighted by molar-refractivity contribution is -0.175. The molecule has 0 atom stereocenters. The Bertz CT molecular complexity index is 338. The zero-order valence-corrected chi connectivity index (χ0v) is 8.33. The normalized spacial score (nSPS) is 11.4. The van der Waals surface area contributed by atoms with Crippen LogP contribution in [0.5, 0.6) is 0 Å². The summed E-state index contributed by atoms with van der Waals surface area (Å²) < 4.78 is 39.3. The molecule has 0 aliphatic rings. The molecule has 0 aliphatic heterocycles. The molecule has 0 saturated heterocycles. The maximum atomic E-state index is 11.7. The molecule has 0 aliphatic carbocycles. The lowest BCUT2D eigenvalue weighted by Crippen LogP contribution is -2.21. The van der Waals surface area contributed by atoms with Crippen LogP contribution in [-0.4, -0.2) is 30.2 Å². The highest BCUT2D eigenvalue weighted by molar-refractivity contribution is 5.81. The van der Waals surface area contributed by atoms with Crippen LogP contribution in [0.2, 0.25) is 0 Å². The topological polar surface area (TPSA) is 39.2 Å². The van der Waals surface area contributed by atoms with Gasteiger partial charge in [-0.3, -0.25) is 9.78 Å². The van der Waals surface area contributed by atoms with Crippen molar-refractivity contribution < 1.29 is 22.7 Å². The molecular weight excluding hydrogens is 223 g/mol. The van der Waals surface area contributed by atoms with Crippen molar-refractivity contribution in [2.24, 2.45) is 0 Å². The number of halogens is 3. The molecule has 1 aromatic heterocycles. The Kier molecular flexibility index (Phi) is 4.42. The average molecular weight is 233 g/mol. The summed E-state index contributed by atoms with van der Waals surface area (Å²) in [6, 6.07) is 3.25. The average Bonchev–Trinajstić information content (AvgIpc) is 2.17. The second-order valence-corrected chi connectivity index (χ2v) is 3.18. The lowest BCUT2D eigenvalue weighted by atomic mass is 10.1. The van der Waals surface area contributed by atoms with Gasteiger partial charge in [-0.1, -0.05) is 0 Å². The SMILES string of the molecule is O=C(COCC(F)(F)F)Cc1ccncc1. The summed E-state index contributed by atoms with van der Waals surface area (Å²) in [7, 11) is 0. The van der Waals surface area contributed by atoms with Crippen molar-refractivity contribution in [1.82, 2.24) is 4.98 Å². The van der Waals surface area contributed by atoms with Crippen molar-refractivity contribution in [3.63, 3.8) is 0 Å². The van der Waals surface area contributed by atoms with Crippen LogP contribution in [0.25, 0.3) is 0 Å². The summed E-state index contributed by atoms with van der Waals surface area (Å²) in [6.45, 7) is -1.92. The minimum Gasteiger partial charge on any atom is -0.364 e. The van der Waals surface area contributed by atoms with Gasteiger partial charge in [0.15, 0.2) is 5.78 Å². The maximum absolute atomic E-state index is 11.7. The smallest absolute Gasteiger partial charge is 0.364 e. The highest BCUT2D eigenvalue weighted by Gasteiger charge is 2.27. The van der Waals surface area contributed by atoms with Gasteiger partial charge >= 0.3 is 6.18 Å². The summed E-state index contributed by atoms with van der Waals surface area (Å²) in [5.74, 6) is -0.393. The molecule has 0 spiro atoms. The van der Waals surface area contributed by atoms with Crippen LogP contribution in [0, 0.1) is 0 Å². The Labute approximate surface area is 90.2 Å². The maximum Gasteiger partial charge on any atom is 0.411 e. The first-order chi connectivity index (χ1) is 7.47. The number of ether oxygens (including phenoxy) is 1. The fraction of sp³-hybridized carbons (Fsp3) is 0.400. The van der Waals surface area contributed by atoms with Crippen LogP contribution in [0.4, 0.5) is 13.2 Å². The number of carbonyl (C=O) groups excluding carboxylic acids is 1. The van der Waals surface area contributed by atoms with E-state index in [-0.39, 0.29) is 6.42 Å². The molecule has 1 aromatic rings. The Morgan fingerprint density at radius 2 is 1.94 bits per heavy atom. The molecule has 3 nitrogen and oxygen atoms in total. The third kappa shape index (κ3) is 5.45. The first-order valence-corrected chi connectivity index (χ1v) is 4.52. The van der Waals surface area contributed by atoms with E-state index in [2.05, 4.69) is 9.72 Å². The number of aromatic nitrogens is 1. The van der Waals surface area contributed by atoms with Gasteiger partial charge in [-0.05, 0) is 17.7 Å². The van der Waals surface area contributed by atoms with Crippen molar-refractivity contribution in [2.75, 3.05) is 13.2 Å². The molecule has 0 amide bonds. The van der Waals surface area contributed by atoms with E-state index in [1.165, 1.54) is 12.4 Å². The van der Waals surface area contributed by atoms with Crippen molar-refractivity contribution in [3.05, 3.63) is 30.1 Å². The zero-order chi connectivity index (χ0) is 12.0. The van der Waals surface area contributed by atoms with Gasteiger partial charge in [-0.25, -0.2) is 0 Å². The van der Waals surface area contributed by atoms with Crippen LogP contribution in [-0.2, 0) is 16.0 Å². The molecule has 0 bridgehead atoms. The van der Waals surface area contributed by atoms with Crippen molar-refractivity contribution in [1.29, 1.82) is 0 Å². The molecule has 0 radical (unpaired) electrons. The third-order valence-electron chi connectivity index (χ3n) is 1.68. The molecule has 0 saturated carbocycles. The largest absolute Gasteiger partial charge is 0.411 e. The van der Waals surface area contributed by atoms with Crippen molar-refractivity contribution in [3.8, 4) is 0 Å². The molecule has 16 heavy (non-hydrogen) atoms. The number of Topliss-reactive ketones (excluding diaryl/α,β-unsaturated/α-hetero) is 1. The van der Waals surface area contributed by atoms with Crippen LogP contribution in [0.1, 0.15) is 5.56 Å². The summed E-state index contributed by atoms with van der Waals surface area (Å²) in [5, 5.41) is 0. The van der Waals surface area contributed by atoms with E-state index in [9.17, 15) is 18.0 Å². The van der Waals surface area contributed by atoms with Gasteiger partial charge in [-0.2, -0.15) is 13.2 Å². The molecule has 1 rings (SSSR count).